The Morgan fingerprint density at radius 3 is 2.49 bits per heavy atom. The molecule has 1 aliphatic carbocycles. The Morgan fingerprint density at radius 2 is 1.81 bits per heavy atom. The number of nitrogens with zero attached hydrogens (tertiary/aromatic N) is 3. The number of carbonyl (C=O) groups excluding carboxylic acids is 3. The number of halogens is 4. The van der Waals surface area contributed by atoms with Crippen molar-refractivity contribution in [3.8, 4) is 5.75 Å². The maximum Gasteiger partial charge on any atom is 0.490 e. The number of carbonyl (C=O) groups is 3. The van der Waals surface area contributed by atoms with E-state index in [0.29, 0.717) is 58.9 Å². The zero-order chi connectivity index (χ0) is 33.8. The van der Waals surface area contributed by atoms with Gasteiger partial charge in [-0.15, -0.1) is 0 Å². The van der Waals surface area contributed by atoms with E-state index in [1.54, 1.807) is 24.3 Å². The van der Waals surface area contributed by atoms with Crippen molar-refractivity contribution in [3.63, 3.8) is 0 Å². The first kappa shape index (κ1) is 34.3. The molecule has 3 aliphatic rings. The van der Waals surface area contributed by atoms with Crippen molar-refractivity contribution in [2.75, 3.05) is 36.9 Å². The number of amides is 2. The highest BCUT2D eigenvalue weighted by molar-refractivity contribution is 6.32. The number of benzene rings is 1. The third kappa shape index (κ3) is 8.85. The predicted molar refractivity (Wildman–Crippen MR) is 169 cm³/mol. The first-order valence-electron chi connectivity index (χ1n) is 15.7. The topological polar surface area (TPSA) is 135 Å². The van der Waals surface area contributed by atoms with Gasteiger partial charge in [-0.25, -0.2) is 14.8 Å². The Morgan fingerprint density at radius 1 is 1.09 bits per heavy atom. The summed E-state index contributed by atoms with van der Waals surface area (Å²) in [6.07, 6.45) is 3.76. The number of hydrogen-bond donors (Lipinski definition) is 3. The van der Waals surface area contributed by atoms with Crippen LogP contribution < -0.4 is 20.7 Å². The smallest absolute Gasteiger partial charge is 0.489 e. The van der Waals surface area contributed by atoms with Gasteiger partial charge in [0.05, 0.1) is 16.1 Å². The Bertz CT molecular complexity index is 1520. The molecule has 1 saturated carbocycles. The summed E-state index contributed by atoms with van der Waals surface area (Å²) in [4.78, 5) is 47.7. The van der Waals surface area contributed by atoms with E-state index in [4.69, 9.17) is 16.3 Å². The van der Waals surface area contributed by atoms with E-state index < -0.39 is 30.2 Å². The molecule has 3 heterocycles. The zero-order valence-electron chi connectivity index (χ0n) is 26.2. The number of fused-ring (bicyclic) bond motifs is 1. The fourth-order valence-electron chi connectivity index (χ4n) is 5.88. The minimum Gasteiger partial charge on any atom is -0.489 e. The molecule has 2 amide bonds. The number of ether oxygens (including phenoxy) is 2. The predicted octanol–water partition coefficient (Wildman–Crippen LogP) is 5.63. The molecule has 1 aromatic heterocycles. The van der Waals surface area contributed by atoms with Gasteiger partial charge in [-0.3, -0.25) is 9.59 Å². The lowest BCUT2D eigenvalue weighted by atomic mass is 10.0. The summed E-state index contributed by atoms with van der Waals surface area (Å²) in [5.74, 6) is -1.03. The first-order chi connectivity index (χ1) is 22.3. The quantitative estimate of drug-likeness (QED) is 0.288. The van der Waals surface area contributed by atoms with E-state index in [-0.39, 0.29) is 24.3 Å². The molecule has 5 rings (SSSR count). The standard InChI is InChI=1S/C32H38ClF3N6O5/c1-31(2,17-46-30(45)32(34,35)36)41-28(43)20-9-12-37-26-23(15-20)27(39-18-38-26)40-21-7-8-25(24(33)16-21)47-22-10-13-42(14-11-22)29(44)19-5-3-4-6-19/h7-8,15-16,18-19,22H,3-6,9-14,17H2,1-2H3,(H,41,43)(H2,37,38,39,40). The van der Waals surface area contributed by atoms with Gasteiger partial charge in [-0.05, 0) is 57.4 Å². The van der Waals surface area contributed by atoms with Crippen molar-refractivity contribution in [3.05, 3.63) is 40.7 Å². The molecule has 0 radical (unpaired) electrons. The molecule has 0 unspecified atom stereocenters. The van der Waals surface area contributed by atoms with Gasteiger partial charge in [0.15, 0.2) is 0 Å². The van der Waals surface area contributed by atoms with Gasteiger partial charge in [0.1, 0.15) is 36.4 Å². The maximum atomic E-state index is 13.2. The van der Waals surface area contributed by atoms with Crippen molar-refractivity contribution in [2.45, 2.75) is 76.6 Å². The van der Waals surface area contributed by atoms with E-state index in [9.17, 15) is 27.6 Å². The Kier molecular flexibility index (Phi) is 10.5. The lowest BCUT2D eigenvalue weighted by Crippen LogP contribution is -2.48. The van der Waals surface area contributed by atoms with E-state index in [1.807, 2.05) is 4.90 Å². The Hall–Kier alpha value is -4.07. The Labute approximate surface area is 275 Å². The summed E-state index contributed by atoms with van der Waals surface area (Å²) < 4.78 is 48.2. The Balaban J connectivity index is 1.22. The summed E-state index contributed by atoms with van der Waals surface area (Å²) in [5.41, 5.74) is 0.144. The van der Waals surface area contributed by atoms with Crippen LogP contribution in [0.4, 0.5) is 30.5 Å². The number of likely N-dealkylation sites (tertiary alicyclic amines) is 1. The third-order valence-electron chi connectivity index (χ3n) is 8.37. The number of nitrogens with one attached hydrogen (secondary N) is 3. The van der Waals surface area contributed by atoms with Crippen LogP contribution in [0.25, 0.3) is 6.08 Å². The molecule has 11 nitrogen and oxygen atoms in total. The van der Waals surface area contributed by atoms with Crippen LogP contribution in [0.2, 0.25) is 5.02 Å². The minimum absolute atomic E-state index is 0.0565. The first-order valence-corrected chi connectivity index (χ1v) is 16.0. The zero-order valence-corrected chi connectivity index (χ0v) is 27.0. The average molecular weight is 679 g/mol. The van der Waals surface area contributed by atoms with Crippen LogP contribution in [0, 0.1) is 5.92 Å². The number of piperidine rings is 1. The monoisotopic (exact) mass is 678 g/mol. The molecular formula is C32H38ClF3N6O5. The van der Waals surface area contributed by atoms with Crippen LogP contribution in [-0.2, 0) is 19.1 Å². The van der Waals surface area contributed by atoms with Crippen molar-refractivity contribution in [1.29, 1.82) is 0 Å². The van der Waals surface area contributed by atoms with Crippen molar-refractivity contribution in [2.24, 2.45) is 5.92 Å². The fourth-order valence-corrected chi connectivity index (χ4v) is 6.11. The molecule has 3 N–H and O–H groups in total. The number of esters is 1. The molecule has 254 valence electrons. The number of alkyl halides is 3. The number of anilines is 3. The van der Waals surface area contributed by atoms with Crippen molar-refractivity contribution < 1.29 is 37.0 Å². The van der Waals surface area contributed by atoms with Crippen LogP contribution in [0.3, 0.4) is 0 Å². The van der Waals surface area contributed by atoms with Gasteiger partial charge in [0, 0.05) is 49.7 Å². The van der Waals surface area contributed by atoms with Crippen LogP contribution in [0.15, 0.2) is 30.1 Å². The van der Waals surface area contributed by atoms with Gasteiger partial charge >= 0.3 is 12.1 Å². The minimum atomic E-state index is -5.13. The third-order valence-corrected chi connectivity index (χ3v) is 8.67. The summed E-state index contributed by atoms with van der Waals surface area (Å²) in [7, 11) is 0. The summed E-state index contributed by atoms with van der Waals surface area (Å²) in [5, 5.41) is 9.40. The van der Waals surface area contributed by atoms with Gasteiger partial charge in [0.25, 0.3) is 0 Å². The number of rotatable bonds is 9. The lowest BCUT2D eigenvalue weighted by Gasteiger charge is -2.33. The van der Waals surface area contributed by atoms with Crippen molar-refractivity contribution in [1.82, 2.24) is 20.2 Å². The second-order valence-corrected chi connectivity index (χ2v) is 13.0. The van der Waals surface area contributed by atoms with E-state index >= 15 is 0 Å². The molecule has 0 atom stereocenters. The fraction of sp³-hybridized carbons (Fsp3) is 0.531. The summed E-state index contributed by atoms with van der Waals surface area (Å²) in [6.45, 7) is 3.92. The summed E-state index contributed by atoms with van der Waals surface area (Å²) in [6, 6.07) is 5.26. The van der Waals surface area contributed by atoms with E-state index in [2.05, 4.69) is 30.7 Å². The van der Waals surface area contributed by atoms with E-state index in [0.717, 1.165) is 38.5 Å². The largest absolute Gasteiger partial charge is 0.490 e. The molecular weight excluding hydrogens is 641 g/mol. The molecule has 1 aromatic carbocycles. The SMILES string of the molecule is CC(C)(COC(=O)C(F)(F)F)NC(=O)C1=Cc2c(ncnc2Nc2ccc(OC3CCN(C(=O)C4CCCC4)CC3)c(Cl)c2)NCC1. The normalized spacial score (nSPS) is 17.6. The van der Waals surface area contributed by atoms with Gasteiger partial charge in [-0.1, -0.05) is 24.4 Å². The molecule has 0 spiro atoms. The van der Waals surface area contributed by atoms with Crippen LogP contribution >= 0.6 is 11.6 Å². The molecule has 47 heavy (non-hydrogen) atoms. The highest BCUT2D eigenvalue weighted by Crippen LogP contribution is 2.34. The number of hydrogen-bond acceptors (Lipinski definition) is 9. The van der Waals surface area contributed by atoms with E-state index in [1.165, 1.54) is 20.2 Å². The molecule has 15 heteroatoms. The summed E-state index contributed by atoms with van der Waals surface area (Å²) >= 11 is 6.61. The number of aromatic nitrogens is 2. The molecule has 0 bridgehead atoms. The molecule has 2 aromatic rings. The maximum absolute atomic E-state index is 13.2. The molecule has 2 fully saturated rings. The molecule has 2 aliphatic heterocycles. The average Bonchev–Trinajstić information content (AvgIpc) is 3.47. The second-order valence-electron chi connectivity index (χ2n) is 12.6. The van der Waals surface area contributed by atoms with Gasteiger partial charge in [0.2, 0.25) is 11.8 Å². The highest BCUT2D eigenvalue weighted by Gasteiger charge is 2.42. The van der Waals surface area contributed by atoms with Gasteiger partial charge < -0.3 is 30.3 Å². The van der Waals surface area contributed by atoms with Crippen LogP contribution in [-0.4, -0.2) is 76.7 Å². The second kappa shape index (κ2) is 14.4. The van der Waals surface area contributed by atoms with Crippen LogP contribution in [0.5, 0.6) is 5.75 Å². The highest BCUT2D eigenvalue weighted by atomic mass is 35.5. The molecule has 1 saturated heterocycles. The van der Waals surface area contributed by atoms with Crippen molar-refractivity contribution >= 4 is 52.8 Å². The van der Waals surface area contributed by atoms with Gasteiger partial charge in [-0.2, -0.15) is 13.2 Å². The van der Waals surface area contributed by atoms with Crippen LogP contribution in [0.1, 0.15) is 64.4 Å². The lowest BCUT2D eigenvalue weighted by molar-refractivity contribution is -0.201.